The molecule has 130 valence electrons. The van der Waals surface area contributed by atoms with Crippen molar-refractivity contribution in [3.63, 3.8) is 0 Å². The molecule has 5 nitrogen and oxygen atoms in total. The number of hydrogen-bond donors (Lipinski definition) is 2. The number of hydrogen-bond acceptors (Lipinski definition) is 4. The fourth-order valence-corrected chi connectivity index (χ4v) is 3.73. The minimum atomic E-state index is -0.858. The van der Waals surface area contributed by atoms with E-state index in [1.807, 2.05) is 12.3 Å². The van der Waals surface area contributed by atoms with Crippen molar-refractivity contribution < 1.29 is 9.90 Å². The average molecular weight is 347 g/mol. The summed E-state index contributed by atoms with van der Waals surface area (Å²) < 4.78 is 0. The summed E-state index contributed by atoms with van der Waals surface area (Å²) in [6.45, 7) is 3.46. The number of aromatic amines is 1. The number of imidazole rings is 1. The van der Waals surface area contributed by atoms with Crippen LogP contribution in [0, 0.1) is 6.92 Å². The second-order valence-electron chi connectivity index (χ2n) is 6.54. The Bertz CT molecular complexity index is 707. The number of rotatable bonds is 5. The predicted molar refractivity (Wildman–Crippen MR) is 98.4 cm³/mol. The van der Waals surface area contributed by atoms with Gasteiger partial charge in [0.2, 0.25) is 0 Å². The molecular weight excluding hydrogens is 322 g/mol. The van der Waals surface area contributed by atoms with Crippen LogP contribution in [0.1, 0.15) is 36.6 Å². The quantitative estimate of drug-likeness (QED) is 0.872. The molecule has 1 amide bonds. The molecule has 6 heteroatoms. The van der Waals surface area contributed by atoms with E-state index >= 15 is 0 Å². The van der Waals surface area contributed by atoms with Gasteiger partial charge in [-0.05, 0) is 55.9 Å². The van der Waals surface area contributed by atoms with E-state index < -0.39 is 6.10 Å². The lowest BCUT2D eigenvalue weighted by Crippen LogP contribution is -2.43. The third-order valence-electron chi connectivity index (χ3n) is 4.73. The highest BCUT2D eigenvalue weighted by Gasteiger charge is 2.28. The van der Waals surface area contributed by atoms with Crippen LogP contribution in [-0.2, 0) is 4.79 Å². The molecule has 0 bridgehead atoms. The number of aliphatic hydroxyl groups excluding tert-OH is 1. The average Bonchev–Trinajstić information content (AvgIpc) is 3.02. The molecule has 3 rings (SSSR count). The van der Waals surface area contributed by atoms with Crippen molar-refractivity contribution in [3.05, 3.63) is 29.6 Å². The molecular formula is C18H25N3O2S. The van der Waals surface area contributed by atoms with Crippen molar-refractivity contribution in [3.8, 4) is 0 Å². The van der Waals surface area contributed by atoms with E-state index in [1.54, 1.807) is 16.7 Å². The second-order valence-corrected chi connectivity index (χ2v) is 7.53. The molecule has 1 aliphatic heterocycles. The first-order valence-electron chi connectivity index (χ1n) is 8.50. The second kappa shape index (κ2) is 7.57. The van der Waals surface area contributed by atoms with Gasteiger partial charge in [0.05, 0.1) is 11.0 Å². The van der Waals surface area contributed by atoms with Crippen LogP contribution in [0.15, 0.2) is 18.2 Å². The number of aromatic nitrogens is 2. The van der Waals surface area contributed by atoms with E-state index in [4.69, 9.17) is 4.98 Å². The van der Waals surface area contributed by atoms with E-state index in [2.05, 4.69) is 24.0 Å². The Morgan fingerprint density at radius 3 is 2.92 bits per heavy atom. The van der Waals surface area contributed by atoms with Gasteiger partial charge in [-0.2, -0.15) is 11.8 Å². The van der Waals surface area contributed by atoms with Crippen LogP contribution in [-0.4, -0.2) is 57.1 Å². The summed E-state index contributed by atoms with van der Waals surface area (Å²) >= 11 is 1.65. The highest BCUT2D eigenvalue weighted by atomic mass is 32.2. The molecule has 0 aliphatic carbocycles. The molecule has 0 unspecified atom stereocenters. The molecule has 1 saturated heterocycles. The Morgan fingerprint density at radius 1 is 1.46 bits per heavy atom. The van der Waals surface area contributed by atoms with E-state index in [-0.39, 0.29) is 5.91 Å². The molecule has 2 N–H and O–H groups in total. The minimum Gasteiger partial charge on any atom is -0.383 e. The number of thioether (sulfide) groups is 1. The van der Waals surface area contributed by atoms with Crippen molar-refractivity contribution in [1.29, 1.82) is 0 Å². The summed E-state index contributed by atoms with van der Waals surface area (Å²) in [4.78, 5) is 22.2. The third-order valence-corrected chi connectivity index (χ3v) is 5.37. The van der Waals surface area contributed by atoms with Crippen LogP contribution >= 0.6 is 11.8 Å². The maximum absolute atomic E-state index is 12.3. The van der Waals surface area contributed by atoms with Gasteiger partial charge < -0.3 is 15.0 Å². The van der Waals surface area contributed by atoms with Gasteiger partial charge in [-0.1, -0.05) is 6.07 Å². The first-order chi connectivity index (χ1) is 11.6. The summed E-state index contributed by atoms with van der Waals surface area (Å²) in [5.74, 6) is 2.06. The topological polar surface area (TPSA) is 69.2 Å². The van der Waals surface area contributed by atoms with Crippen molar-refractivity contribution in [2.24, 2.45) is 0 Å². The third kappa shape index (κ3) is 3.75. The zero-order chi connectivity index (χ0) is 17.1. The van der Waals surface area contributed by atoms with Crippen LogP contribution in [0.2, 0.25) is 0 Å². The van der Waals surface area contributed by atoms with Crippen LogP contribution in [0.5, 0.6) is 0 Å². The van der Waals surface area contributed by atoms with E-state index in [0.29, 0.717) is 25.4 Å². The number of likely N-dealkylation sites (tertiary alicyclic amines) is 1. The van der Waals surface area contributed by atoms with E-state index in [9.17, 15) is 9.90 Å². The number of carbonyl (C=O) groups excluding carboxylic acids is 1. The lowest BCUT2D eigenvalue weighted by atomic mass is 9.95. The monoisotopic (exact) mass is 347 g/mol. The Labute approximate surface area is 146 Å². The molecule has 0 saturated carbocycles. The summed E-state index contributed by atoms with van der Waals surface area (Å²) in [5, 5.41) is 9.98. The molecule has 0 spiro atoms. The van der Waals surface area contributed by atoms with Crippen molar-refractivity contribution in [2.75, 3.05) is 25.1 Å². The van der Waals surface area contributed by atoms with Crippen LogP contribution in [0.3, 0.4) is 0 Å². The van der Waals surface area contributed by atoms with Crippen LogP contribution < -0.4 is 0 Å². The number of piperidine rings is 1. The molecule has 24 heavy (non-hydrogen) atoms. The normalized spacial score (nSPS) is 17.4. The van der Waals surface area contributed by atoms with Gasteiger partial charge in [0.15, 0.2) is 0 Å². The van der Waals surface area contributed by atoms with Crippen molar-refractivity contribution >= 4 is 28.7 Å². The van der Waals surface area contributed by atoms with Gasteiger partial charge in [0.25, 0.3) is 5.91 Å². The number of nitrogens with one attached hydrogen (secondary N) is 1. The lowest BCUT2D eigenvalue weighted by Gasteiger charge is -2.32. The first kappa shape index (κ1) is 17.3. The molecule has 1 aromatic heterocycles. The fraction of sp³-hybridized carbons (Fsp3) is 0.556. The molecule has 1 aromatic carbocycles. The number of benzene rings is 1. The largest absolute Gasteiger partial charge is 0.383 e. The van der Waals surface area contributed by atoms with Crippen molar-refractivity contribution in [2.45, 2.75) is 38.2 Å². The van der Waals surface area contributed by atoms with Crippen LogP contribution in [0.25, 0.3) is 11.0 Å². The Hall–Kier alpha value is -1.53. The molecule has 1 aliphatic rings. The van der Waals surface area contributed by atoms with Gasteiger partial charge in [-0.15, -0.1) is 0 Å². The highest BCUT2D eigenvalue weighted by molar-refractivity contribution is 7.98. The Morgan fingerprint density at radius 2 is 2.21 bits per heavy atom. The summed E-state index contributed by atoms with van der Waals surface area (Å²) in [6.07, 6.45) is 3.43. The summed E-state index contributed by atoms with van der Waals surface area (Å²) in [5.41, 5.74) is 3.30. The Balaban J connectivity index is 1.60. The number of aliphatic hydroxyl groups is 1. The summed E-state index contributed by atoms with van der Waals surface area (Å²) in [6, 6.07) is 6.24. The predicted octanol–water partition coefficient (Wildman–Crippen LogP) is 2.69. The molecule has 2 aromatic rings. The van der Waals surface area contributed by atoms with Gasteiger partial charge >= 0.3 is 0 Å². The molecule has 0 radical (unpaired) electrons. The standard InChI is InChI=1S/C18H25N3O2S/c1-12-3-4-14-15(11-12)20-17(19-14)13-5-8-21(9-6-13)18(23)16(22)7-10-24-2/h3-4,11,13,16,22H,5-10H2,1-2H3,(H,19,20)/t16-/m0/s1. The van der Waals surface area contributed by atoms with Crippen LogP contribution in [0.4, 0.5) is 0 Å². The van der Waals surface area contributed by atoms with Gasteiger partial charge in [0, 0.05) is 19.0 Å². The maximum atomic E-state index is 12.3. The first-order valence-corrected chi connectivity index (χ1v) is 9.90. The molecule has 1 fully saturated rings. The number of carbonyl (C=O) groups is 1. The number of amides is 1. The number of H-pyrrole nitrogens is 1. The maximum Gasteiger partial charge on any atom is 0.251 e. The fourth-order valence-electron chi connectivity index (χ4n) is 3.27. The van der Waals surface area contributed by atoms with Gasteiger partial charge in [-0.25, -0.2) is 4.98 Å². The Kier molecular flexibility index (Phi) is 5.46. The van der Waals surface area contributed by atoms with Crippen molar-refractivity contribution in [1.82, 2.24) is 14.9 Å². The zero-order valence-corrected chi connectivity index (χ0v) is 15.1. The SMILES string of the molecule is CSCC[C@H](O)C(=O)N1CCC(c2nc3ccc(C)cc3[nH]2)CC1. The van der Waals surface area contributed by atoms with E-state index in [1.165, 1.54) is 5.56 Å². The molecule has 1 atom stereocenters. The number of aryl methyl sites for hydroxylation is 1. The smallest absolute Gasteiger partial charge is 0.251 e. The number of fused-ring (bicyclic) bond motifs is 1. The zero-order valence-electron chi connectivity index (χ0n) is 14.3. The summed E-state index contributed by atoms with van der Waals surface area (Å²) in [7, 11) is 0. The lowest BCUT2D eigenvalue weighted by molar-refractivity contribution is -0.141. The highest BCUT2D eigenvalue weighted by Crippen LogP contribution is 2.28. The van der Waals surface area contributed by atoms with Gasteiger partial charge in [0.1, 0.15) is 11.9 Å². The van der Waals surface area contributed by atoms with Gasteiger partial charge in [-0.3, -0.25) is 4.79 Å². The number of nitrogens with zero attached hydrogens (tertiary/aromatic N) is 2. The molecule has 2 heterocycles. The minimum absolute atomic E-state index is 0.122. The van der Waals surface area contributed by atoms with E-state index in [0.717, 1.165) is 35.5 Å².